The molecule has 0 spiro atoms. The molecule has 0 saturated heterocycles. The number of nitrogens with one attached hydrogen (secondary N) is 1. The summed E-state index contributed by atoms with van der Waals surface area (Å²) in [6.07, 6.45) is 0. The molecule has 92 valence electrons. The van der Waals surface area contributed by atoms with Crippen molar-refractivity contribution in [2.75, 3.05) is 6.54 Å². The van der Waals surface area contributed by atoms with Crippen molar-refractivity contribution in [3.05, 3.63) is 40.0 Å². The van der Waals surface area contributed by atoms with E-state index in [-0.39, 0.29) is 6.04 Å². The molecular formula is C11H10Br3NS2. The molecule has 0 aliphatic heterocycles. The summed E-state index contributed by atoms with van der Waals surface area (Å²) in [5.41, 5.74) is 1.31. The summed E-state index contributed by atoms with van der Waals surface area (Å²) in [6, 6.07) is 4.63. The molecule has 2 rings (SSSR count). The van der Waals surface area contributed by atoms with Gasteiger partial charge in [0.15, 0.2) is 0 Å². The van der Waals surface area contributed by atoms with Crippen LogP contribution in [-0.2, 0) is 0 Å². The van der Waals surface area contributed by atoms with E-state index in [0.29, 0.717) is 0 Å². The summed E-state index contributed by atoms with van der Waals surface area (Å²) in [5.74, 6) is 0. The van der Waals surface area contributed by atoms with E-state index in [9.17, 15) is 0 Å². The molecule has 2 heterocycles. The molecule has 17 heavy (non-hydrogen) atoms. The number of hydrogen-bond acceptors (Lipinski definition) is 3. The zero-order valence-electron chi connectivity index (χ0n) is 8.97. The zero-order valence-corrected chi connectivity index (χ0v) is 15.4. The Morgan fingerprint density at radius 1 is 1.29 bits per heavy atom. The van der Waals surface area contributed by atoms with E-state index in [4.69, 9.17) is 0 Å². The highest BCUT2D eigenvalue weighted by atomic mass is 79.9. The van der Waals surface area contributed by atoms with Crippen LogP contribution in [-0.4, -0.2) is 6.54 Å². The monoisotopic (exact) mass is 457 g/mol. The van der Waals surface area contributed by atoms with Crippen molar-refractivity contribution in [3.63, 3.8) is 0 Å². The average molecular weight is 460 g/mol. The third-order valence-corrected chi connectivity index (χ3v) is 7.12. The molecule has 0 aliphatic carbocycles. The predicted octanol–water partition coefficient (Wildman–Crippen LogP) is 5.80. The Morgan fingerprint density at radius 3 is 2.53 bits per heavy atom. The van der Waals surface area contributed by atoms with Gasteiger partial charge in [-0.15, -0.1) is 22.7 Å². The molecule has 0 fully saturated rings. The molecule has 0 aromatic carbocycles. The van der Waals surface area contributed by atoms with Gasteiger partial charge in [-0.25, -0.2) is 0 Å². The first-order chi connectivity index (χ1) is 8.11. The molecular weight excluding hydrogens is 450 g/mol. The van der Waals surface area contributed by atoms with Gasteiger partial charge < -0.3 is 5.32 Å². The van der Waals surface area contributed by atoms with E-state index in [0.717, 1.165) is 14.8 Å². The van der Waals surface area contributed by atoms with Gasteiger partial charge in [0.1, 0.15) is 0 Å². The smallest absolute Gasteiger partial charge is 0.0843 e. The Balaban J connectivity index is 2.34. The van der Waals surface area contributed by atoms with Gasteiger partial charge in [0, 0.05) is 9.35 Å². The van der Waals surface area contributed by atoms with Crippen molar-refractivity contribution < 1.29 is 0 Å². The van der Waals surface area contributed by atoms with Gasteiger partial charge in [0.05, 0.1) is 13.6 Å². The number of hydrogen-bond donors (Lipinski definition) is 1. The van der Waals surface area contributed by atoms with Crippen LogP contribution in [0.3, 0.4) is 0 Å². The largest absolute Gasteiger partial charge is 0.306 e. The van der Waals surface area contributed by atoms with E-state index < -0.39 is 0 Å². The quantitative estimate of drug-likeness (QED) is 0.609. The second-order valence-corrected chi connectivity index (χ2v) is 8.99. The summed E-state index contributed by atoms with van der Waals surface area (Å²) in [4.78, 5) is 1.32. The van der Waals surface area contributed by atoms with Crippen LogP contribution in [0.15, 0.2) is 29.6 Å². The van der Waals surface area contributed by atoms with Crippen LogP contribution in [0.25, 0.3) is 0 Å². The Hall–Kier alpha value is 0.800. The summed E-state index contributed by atoms with van der Waals surface area (Å²) in [7, 11) is 0. The Kier molecular flexibility index (Phi) is 5.27. The molecule has 0 saturated carbocycles. The number of thiophene rings is 2. The van der Waals surface area contributed by atoms with Crippen LogP contribution in [0, 0.1) is 0 Å². The average Bonchev–Trinajstić information content (AvgIpc) is 2.83. The zero-order chi connectivity index (χ0) is 12.4. The van der Waals surface area contributed by atoms with E-state index in [2.05, 4.69) is 77.5 Å². The maximum atomic E-state index is 3.55. The highest BCUT2D eigenvalue weighted by Gasteiger charge is 2.18. The van der Waals surface area contributed by atoms with Crippen molar-refractivity contribution in [1.29, 1.82) is 0 Å². The normalized spacial score (nSPS) is 12.9. The fourth-order valence-electron chi connectivity index (χ4n) is 1.57. The Labute approximate surface area is 134 Å². The van der Waals surface area contributed by atoms with Crippen LogP contribution in [0.4, 0.5) is 0 Å². The lowest BCUT2D eigenvalue weighted by molar-refractivity contribution is 0.641. The standard InChI is InChI=1S/C11H10Br3NS2/c1-2-15-10(6-3-9(13)16-5-6)8-4-7(12)11(14)17-8/h3-5,10,15H,2H2,1H3. The molecule has 1 nitrogen and oxygen atoms in total. The van der Waals surface area contributed by atoms with E-state index in [1.165, 1.54) is 14.2 Å². The van der Waals surface area contributed by atoms with Crippen molar-refractivity contribution >= 4 is 70.5 Å². The summed E-state index contributed by atoms with van der Waals surface area (Å²) < 4.78 is 3.43. The lowest BCUT2D eigenvalue weighted by Crippen LogP contribution is -2.20. The van der Waals surface area contributed by atoms with Crippen molar-refractivity contribution in [2.24, 2.45) is 0 Å². The fraction of sp³-hybridized carbons (Fsp3) is 0.273. The lowest BCUT2D eigenvalue weighted by atomic mass is 10.1. The SMILES string of the molecule is CCNC(c1csc(Br)c1)c1cc(Br)c(Br)s1. The van der Waals surface area contributed by atoms with Crippen LogP contribution in [0.2, 0.25) is 0 Å². The molecule has 6 heteroatoms. The highest BCUT2D eigenvalue weighted by molar-refractivity contribution is 9.13. The maximum Gasteiger partial charge on any atom is 0.0843 e. The number of halogens is 3. The van der Waals surface area contributed by atoms with E-state index >= 15 is 0 Å². The first-order valence-electron chi connectivity index (χ1n) is 5.04. The third-order valence-electron chi connectivity index (χ3n) is 2.28. The van der Waals surface area contributed by atoms with Crippen LogP contribution >= 0.6 is 70.5 Å². The second-order valence-electron chi connectivity index (χ2n) is 3.45. The molecule has 2 aromatic rings. The van der Waals surface area contributed by atoms with Crippen LogP contribution in [0.1, 0.15) is 23.4 Å². The molecule has 1 unspecified atom stereocenters. The van der Waals surface area contributed by atoms with E-state index in [1.807, 2.05) is 0 Å². The Bertz CT molecular complexity index is 487. The molecule has 1 atom stereocenters. The van der Waals surface area contributed by atoms with Gasteiger partial charge in [-0.2, -0.15) is 0 Å². The number of rotatable bonds is 4. The minimum absolute atomic E-state index is 0.273. The fourth-order valence-corrected chi connectivity index (χ4v) is 4.96. The van der Waals surface area contributed by atoms with E-state index in [1.54, 1.807) is 22.7 Å². The van der Waals surface area contributed by atoms with Gasteiger partial charge in [0.25, 0.3) is 0 Å². The van der Waals surface area contributed by atoms with Crippen molar-refractivity contribution in [1.82, 2.24) is 5.32 Å². The van der Waals surface area contributed by atoms with Gasteiger partial charge in [-0.3, -0.25) is 0 Å². The summed E-state index contributed by atoms with van der Waals surface area (Å²) in [5, 5.41) is 5.72. The van der Waals surface area contributed by atoms with Gasteiger partial charge >= 0.3 is 0 Å². The molecule has 1 N–H and O–H groups in total. The lowest BCUT2D eigenvalue weighted by Gasteiger charge is -2.14. The minimum atomic E-state index is 0.273. The topological polar surface area (TPSA) is 12.0 Å². The summed E-state index contributed by atoms with van der Waals surface area (Å²) >= 11 is 14.1. The van der Waals surface area contributed by atoms with Crippen molar-refractivity contribution in [3.8, 4) is 0 Å². The van der Waals surface area contributed by atoms with Gasteiger partial charge in [-0.1, -0.05) is 6.92 Å². The molecule has 0 amide bonds. The van der Waals surface area contributed by atoms with Gasteiger partial charge in [0.2, 0.25) is 0 Å². The third kappa shape index (κ3) is 3.42. The second kappa shape index (κ2) is 6.30. The highest BCUT2D eigenvalue weighted by Crippen LogP contribution is 2.38. The molecule has 2 aromatic heterocycles. The molecule has 0 radical (unpaired) electrons. The van der Waals surface area contributed by atoms with Crippen LogP contribution in [0.5, 0.6) is 0 Å². The molecule has 0 bridgehead atoms. The summed E-state index contributed by atoms with van der Waals surface area (Å²) in [6.45, 7) is 3.08. The van der Waals surface area contributed by atoms with Crippen molar-refractivity contribution in [2.45, 2.75) is 13.0 Å². The first-order valence-corrected chi connectivity index (χ1v) is 9.11. The first kappa shape index (κ1) is 14.2. The minimum Gasteiger partial charge on any atom is -0.306 e. The van der Waals surface area contributed by atoms with Crippen LogP contribution < -0.4 is 5.32 Å². The Morgan fingerprint density at radius 2 is 2.06 bits per heavy atom. The predicted molar refractivity (Wildman–Crippen MR) is 87.3 cm³/mol. The maximum absolute atomic E-state index is 3.55. The van der Waals surface area contributed by atoms with Gasteiger partial charge in [-0.05, 0) is 77.4 Å². The molecule has 0 aliphatic rings.